The maximum absolute atomic E-state index is 12.9. The number of aromatic nitrogens is 2. The van der Waals surface area contributed by atoms with E-state index < -0.39 is 64.4 Å². The predicted molar refractivity (Wildman–Crippen MR) is 81.1 cm³/mol. The quantitative estimate of drug-likeness (QED) is 0.314. The van der Waals surface area contributed by atoms with E-state index in [-0.39, 0.29) is 0 Å². The van der Waals surface area contributed by atoms with Crippen molar-refractivity contribution in [1.29, 1.82) is 0 Å². The number of hydrogen-bond donors (Lipinski definition) is 0. The topological polar surface area (TPSA) is 59.9 Å². The maximum Gasteiger partial charge on any atom is 0.433 e. The first-order chi connectivity index (χ1) is 12.4. The van der Waals surface area contributed by atoms with E-state index in [1.54, 1.807) is 0 Å². The molecular formula is C16H9ClF6N2O2. The molecule has 0 saturated heterocycles. The molecule has 0 saturated carbocycles. The van der Waals surface area contributed by atoms with E-state index in [4.69, 9.17) is 11.6 Å². The summed E-state index contributed by atoms with van der Waals surface area (Å²) < 4.78 is 76.2. The highest BCUT2D eigenvalue weighted by Crippen LogP contribution is 2.31. The fourth-order valence-electron chi connectivity index (χ4n) is 2.19. The second kappa shape index (κ2) is 7.63. The first kappa shape index (κ1) is 20.8. The van der Waals surface area contributed by atoms with Gasteiger partial charge in [0.15, 0.2) is 5.78 Å². The largest absolute Gasteiger partial charge is 0.433 e. The summed E-state index contributed by atoms with van der Waals surface area (Å²) in [4.78, 5) is 30.2. The molecule has 0 atom stereocenters. The number of ketones is 2. The van der Waals surface area contributed by atoms with Crippen molar-refractivity contribution in [2.75, 3.05) is 0 Å². The summed E-state index contributed by atoms with van der Waals surface area (Å²) >= 11 is 5.56. The minimum absolute atomic E-state index is 0.417. The van der Waals surface area contributed by atoms with E-state index in [0.717, 1.165) is 18.3 Å². The van der Waals surface area contributed by atoms with Gasteiger partial charge in [0.2, 0.25) is 0 Å². The van der Waals surface area contributed by atoms with Gasteiger partial charge in [-0.1, -0.05) is 17.7 Å². The third kappa shape index (κ3) is 5.25. The first-order valence-electron chi connectivity index (χ1n) is 7.19. The van der Waals surface area contributed by atoms with Crippen LogP contribution in [0.1, 0.15) is 33.7 Å². The number of Topliss-reactive ketones (excluding diaryl/α,β-unsaturated/α-hetero) is 2. The van der Waals surface area contributed by atoms with Gasteiger partial charge in [0.05, 0.1) is 12.0 Å². The summed E-state index contributed by atoms with van der Waals surface area (Å²) in [7, 11) is 0. The Morgan fingerprint density at radius 1 is 1.00 bits per heavy atom. The monoisotopic (exact) mass is 410 g/mol. The zero-order valence-corrected chi connectivity index (χ0v) is 13.9. The molecular weight excluding hydrogens is 402 g/mol. The molecule has 4 nitrogen and oxygen atoms in total. The van der Waals surface area contributed by atoms with Crippen LogP contribution < -0.4 is 0 Å². The van der Waals surface area contributed by atoms with Gasteiger partial charge in [0.1, 0.15) is 22.3 Å². The van der Waals surface area contributed by atoms with E-state index in [1.165, 1.54) is 6.07 Å². The minimum Gasteiger partial charge on any atom is -0.299 e. The van der Waals surface area contributed by atoms with Crippen LogP contribution in [0.3, 0.4) is 0 Å². The Kier molecular flexibility index (Phi) is 5.88. The zero-order valence-electron chi connectivity index (χ0n) is 13.2. The molecule has 0 radical (unpaired) electrons. The summed E-state index contributed by atoms with van der Waals surface area (Å²) in [6, 6.07) is 3.53. The van der Waals surface area contributed by atoms with Gasteiger partial charge in [-0.25, -0.2) is 4.98 Å². The number of nitrogens with zero attached hydrogens (tertiary/aromatic N) is 2. The highest BCUT2D eigenvalue weighted by atomic mass is 35.5. The van der Waals surface area contributed by atoms with Gasteiger partial charge < -0.3 is 0 Å². The molecule has 2 rings (SSSR count). The zero-order chi connectivity index (χ0) is 20.4. The molecule has 0 amide bonds. The average Bonchev–Trinajstić information content (AvgIpc) is 2.53. The molecule has 11 heteroatoms. The Morgan fingerprint density at radius 3 is 2.22 bits per heavy atom. The van der Waals surface area contributed by atoms with Crippen LogP contribution in [-0.2, 0) is 23.6 Å². The van der Waals surface area contributed by atoms with Gasteiger partial charge >= 0.3 is 12.4 Å². The third-order valence-electron chi connectivity index (χ3n) is 3.34. The Morgan fingerprint density at radius 2 is 1.67 bits per heavy atom. The number of carbonyl (C=O) groups is 2. The van der Waals surface area contributed by atoms with Crippen LogP contribution in [0.4, 0.5) is 26.3 Å². The molecule has 0 N–H and O–H groups in total. The van der Waals surface area contributed by atoms with Gasteiger partial charge in [-0.2, -0.15) is 26.3 Å². The molecule has 0 spiro atoms. The van der Waals surface area contributed by atoms with Crippen molar-refractivity contribution in [1.82, 2.24) is 9.97 Å². The van der Waals surface area contributed by atoms with Crippen molar-refractivity contribution in [3.05, 3.63) is 58.1 Å². The molecule has 2 aromatic rings. The van der Waals surface area contributed by atoms with Crippen LogP contribution in [0.15, 0.2) is 30.5 Å². The van der Waals surface area contributed by atoms with Crippen molar-refractivity contribution in [3.8, 4) is 0 Å². The average molecular weight is 411 g/mol. The molecule has 2 aromatic heterocycles. The molecule has 0 unspecified atom stereocenters. The molecule has 0 aliphatic heterocycles. The molecule has 2 heterocycles. The SMILES string of the molecule is O=C(CC(=O)c1ccc(C(F)(F)F)nc1Cl)Cc1cccnc1C(F)(F)F. The summed E-state index contributed by atoms with van der Waals surface area (Å²) in [5, 5.41) is -0.750. The summed E-state index contributed by atoms with van der Waals surface area (Å²) in [5.41, 5.74) is -3.42. The van der Waals surface area contributed by atoms with E-state index in [0.29, 0.717) is 6.07 Å². The van der Waals surface area contributed by atoms with Crippen molar-refractivity contribution in [2.45, 2.75) is 25.2 Å². The molecule has 0 fully saturated rings. The summed E-state index contributed by atoms with van der Waals surface area (Å²) in [6.45, 7) is 0. The lowest BCUT2D eigenvalue weighted by atomic mass is 10.0. The predicted octanol–water partition coefficient (Wildman–Crippen LogP) is 4.55. The lowest BCUT2D eigenvalue weighted by molar-refractivity contribution is -0.142. The van der Waals surface area contributed by atoms with Crippen molar-refractivity contribution in [2.24, 2.45) is 0 Å². The number of alkyl halides is 6. The summed E-state index contributed by atoms with van der Waals surface area (Å²) in [6.07, 6.45) is -10.2. The molecule has 0 aromatic carbocycles. The molecule has 0 bridgehead atoms. The van der Waals surface area contributed by atoms with Crippen molar-refractivity contribution < 1.29 is 35.9 Å². The van der Waals surface area contributed by atoms with E-state index >= 15 is 0 Å². The Balaban J connectivity index is 2.15. The van der Waals surface area contributed by atoms with Crippen LogP contribution >= 0.6 is 11.6 Å². The highest BCUT2D eigenvalue weighted by molar-refractivity contribution is 6.33. The number of pyridine rings is 2. The van der Waals surface area contributed by atoms with Crippen LogP contribution in [0.5, 0.6) is 0 Å². The Bertz CT molecular complexity index is 880. The van der Waals surface area contributed by atoms with Gasteiger partial charge in [-0.15, -0.1) is 0 Å². The lowest BCUT2D eigenvalue weighted by Crippen LogP contribution is -2.17. The number of rotatable bonds is 5. The first-order valence-corrected chi connectivity index (χ1v) is 7.57. The molecule has 27 heavy (non-hydrogen) atoms. The highest BCUT2D eigenvalue weighted by Gasteiger charge is 2.36. The molecule has 0 aliphatic rings. The van der Waals surface area contributed by atoms with Gasteiger partial charge in [-0.3, -0.25) is 14.6 Å². The van der Waals surface area contributed by atoms with E-state index in [2.05, 4.69) is 9.97 Å². The lowest BCUT2D eigenvalue weighted by Gasteiger charge is -2.11. The number of carbonyl (C=O) groups excluding carboxylic acids is 2. The smallest absolute Gasteiger partial charge is 0.299 e. The number of hydrogen-bond acceptors (Lipinski definition) is 4. The Labute approximate surface area is 153 Å². The third-order valence-corrected chi connectivity index (χ3v) is 3.63. The Hall–Kier alpha value is -2.49. The molecule has 0 aliphatic carbocycles. The molecule has 144 valence electrons. The number of halogens is 7. The second-order valence-corrected chi connectivity index (χ2v) is 5.71. The second-order valence-electron chi connectivity index (χ2n) is 5.36. The van der Waals surface area contributed by atoms with Gasteiger partial charge in [-0.05, 0) is 23.8 Å². The fraction of sp³-hybridized carbons (Fsp3) is 0.250. The van der Waals surface area contributed by atoms with Gasteiger partial charge in [0.25, 0.3) is 0 Å². The van der Waals surface area contributed by atoms with E-state index in [9.17, 15) is 35.9 Å². The van der Waals surface area contributed by atoms with E-state index in [1.807, 2.05) is 0 Å². The standard InChI is InChI=1S/C16H9ClF6N2O2/c17-14-10(3-4-12(25-14)15(18,19)20)11(27)7-9(26)6-8-2-1-5-24-13(8)16(21,22)23/h1-5H,6-7H2. The fourth-order valence-corrected chi connectivity index (χ4v) is 2.45. The van der Waals surface area contributed by atoms with Crippen LogP contribution in [0.2, 0.25) is 5.15 Å². The normalized spacial score (nSPS) is 12.1. The maximum atomic E-state index is 12.9. The minimum atomic E-state index is -4.78. The van der Waals surface area contributed by atoms with Crippen LogP contribution in [0, 0.1) is 0 Å². The summed E-state index contributed by atoms with van der Waals surface area (Å²) in [5.74, 6) is -1.84. The van der Waals surface area contributed by atoms with Crippen molar-refractivity contribution >= 4 is 23.2 Å². The van der Waals surface area contributed by atoms with Crippen molar-refractivity contribution in [3.63, 3.8) is 0 Å². The van der Waals surface area contributed by atoms with Gasteiger partial charge in [0, 0.05) is 12.6 Å². The van der Waals surface area contributed by atoms with Crippen LogP contribution in [-0.4, -0.2) is 21.5 Å². The van der Waals surface area contributed by atoms with Crippen LogP contribution in [0.25, 0.3) is 0 Å².